The topological polar surface area (TPSA) is 30.5 Å². The van der Waals surface area contributed by atoms with Crippen molar-refractivity contribution in [1.82, 2.24) is 5.32 Å². The fourth-order valence-electron chi connectivity index (χ4n) is 1.89. The Morgan fingerprint density at radius 2 is 2.12 bits per heavy atom. The molecule has 1 heterocycles. The van der Waals surface area contributed by atoms with Crippen molar-refractivity contribution in [2.24, 2.45) is 0 Å². The van der Waals surface area contributed by atoms with Gasteiger partial charge in [-0.05, 0) is 17.7 Å². The molecule has 0 aromatic heterocycles. The number of halogens is 1. The molecular weight excluding hydrogens is 270 g/mol. The lowest BCUT2D eigenvalue weighted by atomic mass is 9.89. The minimum absolute atomic E-state index is 0.0306. The Balaban J connectivity index is 2.15. The molecule has 1 aliphatic heterocycles. The lowest BCUT2D eigenvalue weighted by Gasteiger charge is -2.41. The Hall–Kier alpha value is -0.580. The number of hydrogen-bond donors (Lipinski definition) is 1. The second-order valence-corrected chi connectivity index (χ2v) is 4.98. The zero-order chi connectivity index (χ0) is 11.6. The number of nitrogens with one attached hydrogen (secondary N) is 1. The number of methoxy groups -OCH3 is 2. The molecule has 0 amide bonds. The zero-order valence-corrected chi connectivity index (χ0v) is 11.1. The van der Waals surface area contributed by atoms with Crippen LogP contribution in [0.3, 0.4) is 0 Å². The van der Waals surface area contributed by atoms with Gasteiger partial charge >= 0.3 is 0 Å². The average molecular weight is 286 g/mol. The summed E-state index contributed by atoms with van der Waals surface area (Å²) < 4.78 is 11.8. The van der Waals surface area contributed by atoms with Gasteiger partial charge in [0.25, 0.3) is 0 Å². The molecule has 4 heteroatoms. The maximum absolute atomic E-state index is 5.57. The van der Waals surface area contributed by atoms with Crippen molar-refractivity contribution in [1.29, 1.82) is 0 Å². The molecule has 88 valence electrons. The van der Waals surface area contributed by atoms with Crippen LogP contribution < -0.4 is 10.1 Å². The molecule has 0 bridgehead atoms. The summed E-state index contributed by atoms with van der Waals surface area (Å²) in [5.41, 5.74) is 1.22. The van der Waals surface area contributed by atoms with Gasteiger partial charge in [0.05, 0.1) is 12.7 Å². The van der Waals surface area contributed by atoms with Gasteiger partial charge in [0.1, 0.15) is 5.75 Å². The van der Waals surface area contributed by atoms with E-state index in [0.29, 0.717) is 0 Å². The maximum Gasteiger partial charge on any atom is 0.120 e. The van der Waals surface area contributed by atoms with Crippen molar-refractivity contribution >= 4 is 15.9 Å². The first-order valence-corrected chi connectivity index (χ1v) is 6.07. The number of benzene rings is 1. The molecule has 0 aliphatic carbocycles. The summed E-state index contributed by atoms with van der Waals surface area (Å²) in [6.45, 7) is 1.84. The van der Waals surface area contributed by atoms with Gasteiger partial charge < -0.3 is 14.8 Å². The predicted octanol–water partition coefficient (Wildman–Crippen LogP) is 1.99. The monoisotopic (exact) mass is 285 g/mol. The molecular formula is C12H16BrNO2. The molecule has 2 rings (SSSR count). The van der Waals surface area contributed by atoms with Crippen LogP contribution in [0.4, 0.5) is 0 Å². The summed E-state index contributed by atoms with van der Waals surface area (Å²) in [5.74, 6) is 0.869. The number of hydrogen-bond acceptors (Lipinski definition) is 3. The van der Waals surface area contributed by atoms with E-state index in [1.54, 1.807) is 14.2 Å². The Morgan fingerprint density at radius 3 is 2.56 bits per heavy atom. The quantitative estimate of drug-likeness (QED) is 0.918. The van der Waals surface area contributed by atoms with Crippen molar-refractivity contribution in [3.05, 3.63) is 28.2 Å². The molecule has 1 aromatic rings. The highest BCUT2D eigenvalue weighted by atomic mass is 79.9. The van der Waals surface area contributed by atoms with E-state index >= 15 is 0 Å². The second kappa shape index (κ2) is 4.73. The predicted molar refractivity (Wildman–Crippen MR) is 67.0 cm³/mol. The molecule has 0 unspecified atom stereocenters. The second-order valence-electron chi connectivity index (χ2n) is 4.12. The Labute approximate surface area is 104 Å². The van der Waals surface area contributed by atoms with Crippen LogP contribution in [0.15, 0.2) is 22.7 Å². The Bertz CT molecular complexity index is 372. The summed E-state index contributed by atoms with van der Waals surface area (Å²) in [6, 6.07) is 6.06. The maximum atomic E-state index is 5.57. The number of rotatable bonds is 4. The molecule has 0 atom stereocenters. The lowest BCUT2D eigenvalue weighted by molar-refractivity contribution is -0.0503. The number of ether oxygens (including phenoxy) is 2. The van der Waals surface area contributed by atoms with E-state index in [0.717, 1.165) is 29.7 Å². The van der Waals surface area contributed by atoms with Crippen molar-refractivity contribution < 1.29 is 9.47 Å². The van der Waals surface area contributed by atoms with E-state index in [4.69, 9.17) is 9.47 Å². The van der Waals surface area contributed by atoms with Crippen LogP contribution in [0.5, 0.6) is 5.75 Å². The van der Waals surface area contributed by atoms with Crippen LogP contribution in [0.1, 0.15) is 5.56 Å². The molecule has 1 saturated heterocycles. The standard InChI is InChI=1S/C12H16BrNO2/c1-15-10-4-3-9(11(13)5-10)6-12(16-2)7-14-8-12/h3-5,14H,6-8H2,1-2H3. The van der Waals surface area contributed by atoms with Crippen LogP contribution in [-0.4, -0.2) is 32.9 Å². The van der Waals surface area contributed by atoms with E-state index in [2.05, 4.69) is 27.3 Å². The third kappa shape index (κ3) is 2.24. The van der Waals surface area contributed by atoms with Gasteiger partial charge in [-0.1, -0.05) is 22.0 Å². The molecule has 0 radical (unpaired) electrons. The molecule has 0 saturated carbocycles. The van der Waals surface area contributed by atoms with Crippen LogP contribution in [0.2, 0.25) is 0 Å². The molecule has 3 nitrogen and oxygen atoms in total. The molecule has 1 N–H and O–H groups in total. The largest absolute Gasteiger partial charge is 0.497 e. The summed E-state index contributed by atoms with van der Waals surface area (Å²) in [4.78, 5) is 0. The van der Waals surface area contributed by atoms with Crippen LogP contribution >= 0.6 is 15.9 Å². The van der Waals surface area contributed by atoms with E-state index < -0.39 is 0 Å². The minimum atomic E-state index is -0.0306. The molecule has 0 spiro atoms. The van der Waals surface area contributed by atoms with Crippen molar-refractivity contribution in [2.45, 2.75) is 12.0 Å². The highest BCUT2D eigenvalue weighted by Crippen LogP contribution is 2.29. The summed E-state index contributed by atoms with van der Waals surface area (Å²) in [7, 11) is 3.45. The van der Waals surface area contributed by atoms with Crippen LogP contribution in [0, 0.1) is 0 Å². The molecule has 16 heavy (non-hydrogen) atoms. The van der Waals surface area contributed by atoms with Crippen molar-refractivity contribution in [2.75, 3.05) is 27.3 Å². The van der Waals surface area contributed by atoms with Gasteiger partial charge in [0.2, 0.25) is 0 Å². The van der Waals surface area contributed by atoms with Crippen LogP contribution in [-0.2, 0) is 11.2 Å². The van der Waals surface area contributed by atoms with Gasteiger partial charge in [0, 0.05) is 31.1 Å². The third-order valence-corrected chi connectivity index (χ3v) is 3.84. The van der Waals surface area contributed by atoms with Gasteiger partial charge in [0.15, 0.2) is 0 Å². The molecule has 1 fully saturated rings. The van der Waals surface area contributed by atoms with Crippen LogP contribution in [0.25, 0.3) is 0 Å². The SMILES string of the molecule is COc1ccc(CC2(OC)CNC2)c(Br)c1. The van der Waals surface area contributed by atoms with E-state index in [1.165, 1.54) is 5.56 Å². The van der Waals surface area contributed by atoms with Crippen molar-refractivity contribution in [3.8, 4) is 5.75 Å². The summed E-state index contributed by atoms with van der Waals surface area (Å²) in [6.07, 6.45) is 0.918. The van der Waals surface area contributed by atoms with Gasteiger partial charge in [-0.3, -0.25) is 0 Å². The highest BCUT2D eigenvalue weighted by Gasteiger charge is 2.37. The molecule has 1 aliphatic rings. The average Bonchev–Trinajstić information content (AvgIpc) is 2.25. The minimum Gasteiger partial charge on any atom is -0.497 e. The van der Waals surface area contributed by atoms with Gasteiger partial charge in [-0.25, -0.2) is 0 Å². The van der Waals surface area contributed by atoms with E-state index in [-0.39, 0.29) is 5.60 Å². The van der Waals surface area contributed by atoms with E-state index in [9.17, 15) is 0 Å². The summed E-state index contributed by atoms with van der Waals surface area (Å²) in [5, 5.41) is 3.25. The first kappa shape index (κ1) is 11.9. The van der Waals surface area contributed by atoms with Crippen molar-refractivity contribution in [3.63, 3.8) is 0 Å². The van der Waals surface area contributed by atoms with E-state index in [1.807, 2.05) is 12.1 Å². The fraction of sp³-hybridized carbons (Fsp3) is 0.500. The first-order valence-electron chi connectivity index (χ1n) is 5.27. The Kier molecular flexibility index (Phi) is 3.52. The zero-order valence-electron chi connectivity index (χ0n) is 9.55. The summed E-state index contributed by atoms with van der Waals surface area (Å²) >= 11 is 3.57. The molecule has 1 aromatic carbocycles. The smallest absolute Gasteiger partial charge is 0.120 e. The first-order chi connectivity index (χ1) is 7.69. The Morgan fingerprint density at radius 1 is 1.38 bits per heavy atom. The fourth-order valence-corrected chi connectivity index (χ4v) is 2.39. The lowest BCUT2D eigenvalue weighted by Crippen LogP contribution is -2.61. The normalized spacial score (nSPS) is 17.9. The van der Waals surface area contributed by atoms with Gasteiger partial charge in [-0.2, -0.15) is 0 Å². The van der Waals surface area contributed by atoms with Gasteiger partial charge in [-0.15, -0.1) is 0 Å². The third-order valence-electron chi connectivity index (χ3n) is 3.10. The highest BCUT2D eigenvalue weighted by molar-refractivity contribution is 9.10.